The minimum atomic E-state index is 1.68. The molecular formula is C4H9NS. The van der Waals surface area contributed by atoms with E-state index < -0.39 is 0 Å². The molecule has 0 amide bonds. The van der Waals surface area contributed by atoms with Crippen LogP contribution in [-0.4, -0.2) is 13.3 Å². The second kappa shape index (κ2) is 4.89. The fourth-order valence-electron chi connectivity index (χ4n) is 0.136. The molecule has 0 atom stereocenters. The molecule has 1 N–H and O–H groups in total. The Morgan fingerprint density at radius 3 is 2.50 bits per heavy atom. The minimum absolute atomic E-state index is 1.68. The van der Waals surface area contributed by atoms with Crippen molar-refractivity contribution in [3.63, 3.8) is 0 Å². The fraction of sp³-hybridized carbons (Fsp3) is 0.500. The highest BCUT2D eigenvalue weighted by molar-refractivity contribution is 8.01. The minimum Gasteiger partial charge on any atom is -0.394 e. The molecule has 0 aromatic heterocycles. The molecule has 0 saturated carbocycles. The predicted molar refractivity (Wildman–Crippen MR) is 31.7 cm³/mol. The van der Waals surface area contributed by atoms with Gasteiger partial charge in [-0.1, -0.05) is 0 Å². The number of nitrogens with one attached hydrogen (secondary N) is 1. The molecule has 1 nitrogen and oxygen atoms in total. The van der Waals surface area contributed by atoms with Crippen molar-refractivity contribution in [1.82, 2.24) is 5.32 Å². The van der Waals surface area contributed by atoms with E-state index >= 15 is 0 Å². The zero-order chi connectivity index (χ0) is 4.83. The highest BCUT2D eigenvalue weighted by Crippen LogP contribution is 1.88. The fourth-order valence-corrected chi connectivity index (χ4v) is 0.408. The molecule has 0 aliphatic rings. The van der Waals surface area contributed by atoms with Crippen molar-refractivity contribution in [3.8, 4) is 0 Å². The van der Waals surface area contributed by atoms with E-state index in [4.69, 9.17) is 0 Å². The van der Waals surface area contributed by atoms with Crippen LogP contribution in [0.1, 0.15) is 0 Å². The van der Waals surface area contributed by atoms with Crippen molar-refractivity contribution < 1.29 is 0 Å². The maximum absolute atomic E-state index is 2.87. The van der Waals surface area contributed by atoms with Crippen molar-refractivity contribution in [1.29, 1.82) is 0 Å². The molecule has 0 aliphatic heterocycles. The van der Waals surface area contributed by atoms with Gasteiger partial charge in [0, 0.05) is 13.2 Å². The Bertz CT molecular complexity index is 36.8. The third-order valence-corrected chi connectivity index (χ3v) is 0.779. The molecule has 0 heterocycles. The first-order chi connectivity index (χ1) is 2.91. The van der Waals surface area contributed by atoms with Crippen molar-refractivity contribution in [3.05, 3.63) is 11.6 Å². The maximum Gasteiger partial charge on any atom is 0.00278 e. The predicted octanol–water partition coefficient (Wildman–Crippen LogP) is 1.04. The van der Waals surface area contributed by atoms with Gasteiger partial charge in [0.1, 0.15) is 0 Å². The molecule has 2 heteroatoms. The second-order valence-corrected chi connectivity index (χ2v) is 1.57. The SMILES string of the molecule is CNC=CSC. The quantitative estimate of drug-likeness (QED) is 0.560. The van der Waals surface area contributed by atoms with Crippen LogP contribution >= 0.6 is 11.8 Å². The van der Waals surface area contributed by atoms with Crippen LogP contribution in [0.3, 0.4) is 0 Å². The van der Waals surface area contributed by atoms with Crippen LogP contribution in [0, 0.1) is 0 Å². The Labute approximate surface area is 42.8 Å². The van der Waals surface area contributed by atoms with Gasteiger partial charge in [-0.2, -0.15) is 0 Å². The average molecular weight is 103 g/mol. The van der Waals surface area contributed by atoms with Crippen LogP contribution in [0.4, 0.5) is 0 Å². The molecule has 36 valence electrons. The summed E-state index contributed by atoms with van der Waals surface area (Å²) >= 11 is 1.68. The summed E-state index contributed by atoms with van der Waals surface area (Å²) in [5.41, 5.74) is 0. The first-order valence-corrected chi connectivity index (χ1v) is 3.05. The largest absolute Gasteiger partial charge is 0.394 e. The van der Waals surface area contributed by atoms with E-state index in [1.165, 1.54) is 0 Å². The van der Waals surface area contributed by atoms with Crippen molar-refractivity contribution in [2.24, 2.45) is 0 Å². The Balaban J connectivity index is 2.73. The molecule has 0 aromatic rings. The molecular weight excluding hydrogens is 94.1 g/mol. The van der Waals surface area contributed by atoms with Crippen LogP contribution < -0.4 is 5.32 Å². The normalized spacial score (nSPS) is 9.67. The summed E-state index contributed by atoms with van der Waals surface area (Å²) in [6.45, 7) is 0. The smallest absolute Gasteiger partial charge is 0.00278 e. The van der Waals surface area contributed by atoms with Crippen molar-refractivity contribution >= 4 is 11.8 Å². The third-order valence-electron chi connectivity index (χ3n) is 0.371. The van der Waals surface area contributed by atoms with E-state index in [0.717, 1.165) is 0 Å². The summed E-state index contributed by atoms with van der Waals surface area (Å²) in [5, 5.41) is 4.85. The maximum atomic E-state index is 2.87. The van der Waals surface area contributed by atoms with Crippen LogP contribution in [0.15, 0.2) is 11.6 Å². The summed E-state index contributed by atoms with van der Waals surface area (Å²) in [7, 11) is 1.88. The first kappa shape index (κ1) is 5.89. The highest BCUT2D eigenvalue weighted by atomic mass is 32.2. The zero-order valence-corrected chi connectivity index (χ0v) is 4.88. The summed E-state index contributed by atoms with van der Waals surface area (Å²) in [6, 6.07) is 0. The molecule has 0 aliphatic carbocycles. The third kappa shape index (κ3) is 3.89. The van der Waals surface area contributed by atoms with Gasteiger partial charge in [-0.3, -0.25) is 0 Å². The Hall–Kier alpha value is -0.110. The number of thioether (sulfide) groups is 1. The van der Waals surface area contributed by atoms with E-state index in [2.05, 4.69) is 5.32 Å². The second-order valence-electron chi connectivity index (χ2n) is 0.827. The van der Waals surface area contributed by atoms with E-state index in [1.807, 2.05) is 24.9 Å². The molecule has 6 heavy (non-hydrogen) atoms. The standard InChI is InChI=1S/C4H9NS/c1-5-3-4-6-2/h3-5H,1-2H3. The first-order valence-electron chi connectivity index (χ1n) is 1.77. The van der Waals surface area contributed by atoms with Gasteiger partial charge in [0.2, 0.25) is 0 Å². The lowest BCUT2D eigenvalue weighted by Gasteiger charge is -1.78. The molecule has 0 unspecified atom stereocenters. The lowest BCUT2D eigenvalue weighted by atomic mass is 11.0. The van der Waals surface area contributed by atoms with E-state index in [9.17, 15) is 0 Å². The summed E-state index contributed by atoms with van der Waals surface area (Å²) in [4.78, 5) is 0. The summed E-state index contributed by atoms with van der Waals surface area (Å²) in [6.07, 6.45) is 3.92. The number of hydrogen-bond acceptors (Lipinski definition) is 2. The molecule has 0 aromatic carbocycles. The molecule has 0 spiro atoms. The van der Waals surface area contributed by atoms with Gasteiger partial charge in [0.25, 0.3) is 0 Å². The topological polar surface area (TPSA) is 12.0 Å². The van der Waals surface area contributed by atoms with E-state index in [-0.39, 0.29) is 0 Å². The number of rotatable bonds is 2. The molecule has 0 rings (SSSR count). The van der Waals surface area contributed by atoms with Crippen LogP contribution in [0.5, 0.6) is 0 Å². The Morgan fingerprint density at radius 2 is 2.33 bits per heavy atom. The van der Waals surface area contributed by atoms with Gasteiger partial charge in [0.15, 0.2) is 0 Å². The van der Waals surface area contributed by atoms with Gasteiger partial charge in [-0.15, -0.1) is 11.8 Å². The molecule has 0 bridgehead atoms. The van der Waals surface area contributed by atoms with Crippen LogP contribution in [0.2, 0.25) is 0 Å². The van der Waals surface area contributed by atoms with Gasteiger partial charge in [0.05, 0.1) is 0 Å². The van der Waals surface area contributed by atoms with Crippen LogP contribution in [-0.2, 0) is 0 Å². The van der Waals surface area contributed by atoms with Gasteiger partial charge < -0.3 is 5.32 Å². The van der Waals surface area contributed by atoms with Crippen molar-refractivity contribution in [2.75, 3.05) is 13.3 Å². The van der Waals surface area contributed by atoms with Gasteiger partial charge in [-0.25, -0.2) is 0 Å². The molecule has 0 radical (unpaired) electrons. The summed E-state index contributed by atoms with van der Waals surface area (Å²) in [5.74, 6) is 0. The lowest BCUT2D eigenvalue weighted by Crippen LogP contribution is -1.89. The Kier molecular flexibility index (Phi) is 4.80. The van der Waals surface area contributed by atoms with Gasteiger partial charge in [-0.05, 0) is 11.7 Å². The number of hydrogen-bond donors (Lipinski definition) is 1. The summed E-state index contributed by atoms with van der Waals surface area (Å²) < 4.78 is 0. The van der Waals surface area contributed by atoms with E-state index in [1.54, 1.807) is 11.8 Å². The highest BCUT2D eigenvalue weighted by Gasteiger charge is 1.56. The Morgan fingerprint density at radius 1 is 1.67 bits per heavy atom. The van der Waals surface area contributed by atoms with Crippen LogP contribution in [0.25, 0.3) is 0 Å². The molecule has 0 fully saturated rings. The monoisotopic (exact) mass is 103 g/mol. The van der Waals surface area contributed by atoms with Gasteiger partial charge >= 0.3 is 0 Å². The van der Waals surface area contributed by atoms with Crippen molar-refractivity contribution in [2.45, 2.75) is 0 Å². The van der Waals surface area contributed by atoms with E-state index in [0.29, 0.717) is 0 Å². The average Bonchev–Trinajstić information content (AvgIpc) is 1.61. The lowest BCUT2D eigenvalue weighted by molar-refractivity contribution is 1.11. The zero-order valence-electron chi connectivity index (χ0n) is 4.06. The molecule has 0 saturated heterocycles.